The summed E-state index contributed by atoms with van der Waals surface area (Å²) >= 11 is 0. The van der Waals surface area contributed by atoms with Gasteiger partial charge in [0.15, 0.2) is 5.78 Å². The highest BCUT2D eigenvalue weighted by molar-refractivity contribution is 6.06. The molecule has 0 spiro atoms. The summed E-state index contributed by atoms with van der Waals surface area (Å²) in [4.78, 5) is 22.1. The van der Waals surface area contributed by atoms with Crippen LogP contribution in [-0.2, 0) is 10.2 Å². The SMILES string of the molecule is C=C1c2nc3ccccc3nc2C(C)(C)C(=O)C1(C)C.CC. The molecule has 0 N–H and O–H groups in total. The minimum absolute atomic E-state index is 0.145. The standard InChI is InChI=1S/C17H18N2O.C2H6/c1-10-13-14(17(4,5)15(20)16(10,2)3)19-12-9-7-6-8-11(12)18-13;1-2/h6-9H,1H2,2-5H3;1-2H3. The quantitative estimate of drug-likeness (QED) is 0.716. The fourth-order valence-electron chi connectivity index (χ4n) is 2.97. The van der Waals surface area contributed by atoms with Crippen LogP contribution in [0.25, 0.3) is 16.6 Å². The normalized spacial score (nSPS) is 18.5. The lowest BCUT2D eigenvalue weighted by Crippen LogP contribution is -2.46. The third-order valence-corrected chi connectivity index (χ3v) is 4.34. The monoisotopic (exact) mass is 296 g/mol. The largest absolute Gasteiger partial charge is 0.298 e. The van der Waals surface area contributed by atoms with Gasteiger partial charge in [0.05, 0.1) is 33.3 Å². The maximum Gasteiger partial charge on any atom is 0.154 e. The van der Waals surface area contributed by atoms with Crippen LogP contribution in [0.5, 0.6) is 0 Å². The van der Waals surface area contributed by atoms with E-state index in [1.165, 1.54) is 0 Å². The lowest BCUT2D eigenvalue weighted by molar-refractivity contribution is -0.129. The zero-order chi connectivity index (χ0) is 16.7. The van der Waals surface area contributed by atoms with E-state index in [2.05, 4.69) is 6.58 Å². The fraction of sp³-hybridized carbons (Fsp3) is 0.421. The zero-order valence-corrected chi connectivity index (χ0v) is 14.3. The molecule has 2 aromatic rings. The third kappa shape index (κ3) is 2.16. The van der Waals surface area contributed by atoms with Crippen LogP contribution in [0, 0.1) is 5.41 Å². The van der Waals surface area contributed by atoms with Crippen molar-refractivity contribution >= 4 is 22.4 Å². The van der Waals surface area contributed by atoms with Gasteiger partial charge in [0.1, 0.15) is 0 Å². The number of carbonyl (C=O) groups excluding carboxylic acids is 1. The number of hydrogen-bond acceptors (Lipinski definition) is 3. The minimum atomic E-state index is -0.642. The first-order valence-electron chi connectivity index (χ1n) is 7.78. The van der Waals surface area contributed by atoms with E-state index in [1.54, 1.807) is 0 Å². The first-order chi connectivity index (χ1) is 10.3. The van der Waals surface area contributed by atoms with E-state index in [0.29, 0.717) is 0 Å². The highest BCUT2D eigenvalue weighted by atomic mass is 16.1. The highest BCUT2D eigenvalue weighted by Gasteiger charge is 2.49. The zero-order valence-electron chi connectivity index (χ0n) is 14.3. The molecule has 3 nitrogen and oxygen atoms in total. The van der Waals surface area contributed by atoms with Crippen LogP contribution in [0.15, 0.2) is 30.8 Å². The fourth-order valence-corrected chi connectivity index (χ4v) is 2.97. The second kappa shape index (κ2) is 5.31. The van der Waals surface area contributed by atoms with Crippen LogP contribution in [0.1, 0.15) is 52.9 Å². The number of benzene rings is 1. The van der Waals surface area contributed by atoms with E-state index in [4.69, 9.17) is 9.97 Å². The Kier molecular flexibility index (Phi) is 3.94. The van der Waals surface area contributed by atoms with Gasteiger partial charge in [0, 0.05) is 0 Å². The molecule has 0 unspecified atom stereocenters. The number of hydrogen-bond donors (Lipinski definition) is 0. The Balaban J connectivity index is 0.000000847. The van der Waals surface area contributed by atoms with E-state index in [0.717, 1.165) is 28.0 Å². The molecule has 1 aliphatic carbocycles. The molecule has 1 aromatic carbocycles. The van der Waals surface area contributed by atoms with Crippen molar-refractivity contribution in [2.24, 2.45) is 5.41 Å². The first kappa shape index (κ1) is 16.3. The number of Topliss-reactive ketones (excluding diaryl/α,β-unsaturated/α-hetero) is 1. The van der Waals surface area contributed by atoms with E-state index in [-0.39, 0.29) is 5.78 Å². The molecule has 1 aromatic heterocycles. The van der Waals surface area contributed by atoms with E-state index in [9.17, 15) is 4.79 Å². The van der Waals surface area contributed by atoms with Crippen molar-refractivity contribution in [1.29, 1.82) is 0 Å². The number of allylic oxidation sites excluding steroid dienone is 1. The number of rotatable bonds is 0. The van der Waals surface area contributed by atoms with Crippen molar-refractivity contribution in [2.45, 2.75) is 47.0 Å². The molecule has 0 radical (unpaired) electrons. The summed E-state index contributed by atoms with van der Waals surface area (Å²) in [5.41, 5.74) is 2.69. The summed E-state index contributed by atoms with van der Waals surface area (Å²) in [5.74, 6) is 0.145. The Bertz CT molecular complexity index is 757. The maximum absolute atomic E-state index is 12.7. The van der Waals surface area contributed by atoms with Crippen LogP contribution in [0.3, 0.4) is 0 Å². The molecular weight excluding hydrogens is 272 g/mol. The summed E-state index contributed by atoms with van der Waals surface area (Å²) < 4.78 is 0. The topological polar surface area (TPSA) is 42.9 Å². The van der Waals surface area contributed by atoms with Gasteiger partial charge in [-0.15, -0.1) is 0 Å². The number of nitrogens with zero attached hydrogens (tertiary/aromatic N) is 2. The Morgan fingerprint density at radius 1 is 0.909 bits per heavy atom. The molecule has 22 heavy (non-hydrogen) atoms. The summed E-state index contributed by atoms with van der Waals surface area (Å²) in [6, 6.07) is 7.73. The Morgan fingerprint density at radius 3 is 1.95 bits per heavy atom. The molecule has 0 aliphatic heterocycles. The molecule has 0 saturated heterocycles. The van der Waals surface area contributed by atoms with Gasteiger partial charge in [-0.2, -0.15) is 0 Å². The van der Waals surface area contributed by atoms with Crippen LogP contribution in [-0.4, -0.2) is 15.8 Å². The molecular formula is C19H24N2O. The van der Waals surface area contributed by atoms with Crippen molar-refractivity contribution in [3.8, 4) is 0 Å². The van der Waals surface area contributed by atoms with Gasteiger partial charge in [-0.25, -0.2) is 9.97 Å². The molecule has 0 bridgehead atoms. The minimum Gasteiger partial charge on any atom is -0.298 e. The van der Waals surface area contributed by atoms with Gasteiger partial charge in [0.25, 0.3) is 0 Å². The average molecular weight is 296 g/mol. The highest BCUT2D eigenvalue weighted by Crippen LogP contribution is 2.47. The number of aromatic nitrogens is 2. The van der Waals surface area contributed by atoms with Crippen molar-refractivity contribution in [3.05, 3.63) is 42.2 Å². The van der Waals surface area contributed by atoms with Gasteiger partial charge in [-0.3, -0.25) is 4.79 Å². The molecule has 0 saturated carbocycles. The Labute approximate surface area is 132 Å². The van der Waals surface area contributed by atoms with Crippen molar-refractivity contribution in [3.63, 3.8) is 0 Å². The predicted octanol–water partition coefficient (Wildman–Crippen LogP) is 4.56. The van der Waals surface area contributed by atoms with E-state index in [1.807, 2.05) is 65.8 Å². The Hall–Kier alpha value is -2.03. The van der Waals surface area contributed by atoms with Gasteiger partial charge < -0.3 is 0 Å². The predicted molar refractivity (Wildman–Crippen MR) is 91.7 cm³/mol. The second-order valence-corrected chi connectivity index (χ2v) is 6.47. The lowest BCUT2D eigenvalue weighted by Gasteiger charge is -2.40. The molecule has 3 rings (SSSR count). The van der Waals surface area contributed by atoms with E-state index < -0.39 is 10.8 Å². The maximum atomic E-state index is 12.7. The Morgan fingerprint density at radius 2 is 1.41 bits per heavy atom. The molecule has 0 fully saturated rings. The van der Waals surface area contributed by atoms with E-state index >= 15 is 0 Å². The first-order valence-corrected chi connectivity index (χ1v) is 7.78. The van der Waals surface area contributed by atoms with Crippen LogP contribution < -0.4 is 0 Å². The molecule has 1 heterocycles. The molecule has 3 heteroatoms. The molecule has 0 atom stereocenters. The third-order valence-electron chi connectivity index (χ3n) is 4.34. The summed E-state index contributed by atoms with van der Waals surface area (Å²) in [6.07, 6.45) is 0. The average Bonchev–Trinajstić information content (AvgIpc) is 2.52. The number of ketones is 1. The summed E-state index contributed by atoms with van der Waals surface area (Å²) in [7, 11) is 0. The molecule has 1 aliphatic rings. The number of fused-ring (bicyclic) bond motifs is 2. The van der Waals surface area contributed by atoms with Gasteiger partial charge >= 0.3 is 0 Å². The summed E-state index contributed by atoms with van der Waals surface area (Å²) in [5, 5.41) is 0. The van der Waals surface area contributed by atoms with Crippen molar-refractivity contribution in [2.75, 3.05) is 0 Å². The van der Waals surface area contributed by atoms with Gasteiger partial charge in [-0.05, 0) is 45.4 Å². The van der Waals surface area contributed by atoms with Crippen LogP contribution >= 0.6 is 0 Å². The number of carbonyl (C=O) groups is 1. The summed E-state index contributed by atoms with van der Waals surface area (Å²) in [6.45, 7) is 15.8. The van der Waals surface area contributed by atoms with Crippen LogP contribution in [0.2, 0.25) is 0 Å². The van der Waals surface area contributed by atoms with Crippen molar-refractivity contribution in [1.82, 2.24) is 9.97 Å². The smallest absolute Gasteiger partial charge is 0.154 e. The van der Waals surface area contributed by atoms with Crippen LogP contribution in [0.4, 0.5) is 0 Å². The van der Waals surface area contributed by atoms with Gasteiger partial charge in [-0.1, -0.05) is 32.6 Å². The lowest BCUT2D eigenvalue weighted by atomic mass is 9.62. The molecule has 0 amide bonds. The second-order valence-electron chi connectivity index (χ2n) is 6.47. The number of para-hydroxylation sites is 2. The van der Waals surface area contributed by atoms with Gasteiger partial charge in [0.2, 0.25) is 0 Å². The van der Waals surface area contributed by atoms with Crippen molar-refractivity contribution < 1.29 is 4.79 Å². The molecule has 116 valence electrons.